The molecule has 1 aromatic carbocycles. The first-order chi connectivity index (χ1) is 13.1. The molecule has 2 N–H and O–H groups in total. The Labute approximate surface area is 160 Å². The van der Waals surface area contributed by atoms with E-state index in [9.17, 15) is 4.79 Å². The van der Waals surface area contributed by atoms with Crippen molar-refractivity contribution in [2.75, 3.05) is 24.5 Å². The molecule has 0 spiro atoms. The van der Waals surface area contributed by atoms with Crippen LogP contribution in [0.1, 0.15) is 40.2 Å². The summed E-state index contributed by atoms with van der Waals surface area (Å²) in [6, 6.07) is 13.9. The van der Waals surface area contributed by atoms with E-state index in [0.29, 0.717) is 23.6 Å². The number of pyridine rings is 1. The predicted molar refractivity (Wildman–Crippen MR) is 106 cm³/mol. The van der Waals surface area contributed by atoms with Crippen LogP contribution in [0.15, 0.2) is 42.6 Å². The Hall–Kier alpha value is -2.40. The van der Waals surface area contributed by atoms with Gasteiger partial charge in [0.05, 0.1) is 5.56 Å². The van der Waals surface area contributed by atoms with Crippen molar-refractivity contribution in [3.05, 3.63) is 59.3 Å². The van der Waals surface area contributed by atoms with Crippen LogP contribution < -0.4 is 10.6 Å². The third-order valence-corrected chi connectivity index (χ3v) is 6.83. The lowest BCUT2D eigenvalue weighted by atomic mass is 9.75. The number of nitrogens with zero attached hydrogens (tertiary/aromatic N) is 3. The van der Waals surface area contributed by atoms with Gasteiger partial charge in [-0.2, -0.15) is 0 Å². The highest BCUT2D eigenvalue weighted by molar-refractivity contribution is 5.92. The molecule has 4 fully saturated rings. The van der Waals surface area contributed by atoms with Crippen LogP contribution in [0, 0.1) is 12.8 Å². The summed E-state index contributed by atoms with van der Waals surface area (Å²) in [6.07, 6.45) is 4.17. The van der Waals surface area contributed by atoms with E-state index in [2.05, 4.69) is 46.0 Å². The lowest BCUT2D eigenvalue weighted by Crippen LogP contribution is -2.60. The van der Waals surface area contributed by atoms with Gasteiger partial charge in [0.15, 0.2) is 0 Å². The van der Waals surface area contributed by atoms with E-state index in [0.717, 1.165) is 18.3 Å². The summed E-state index contributed by atoms with van der Waals surface area (Å²) in [4.78, 5) is 21.2. The number of aryl methyl sites for hydroxylation is 1. The third kappa shape index (κ3) is 2.72. The van der Waals surface area contributed by atoms with Crippen molar-refractivity contribution in [2.24, 2.45) is 11.7 Å². The number of hydrogen-bond donors (Lipinski definition) is 1. The summed E-state index contributed by atoms with van der Waals surface area (Å²) in [5, 5.41) is 0. The number of anilines is 1. The first-order valence-corrected chi connectivity index (χ1v) is 9.95. The number of piperidine rings is 3. The van der Waals surface area contributed by atoms with Crippen molar-refractivity contribution in [3.63, 3.8) is 0 Å². The number of hydrogen-bond acceptors (Lipinski definition) is 4. The van der Waals surface area contributed by atoms with E-state index >= 15 is 0 Å². The molecule has 140 valence electrons. The summed E-state index contributed by atoms with van der Waals surface area (Å²) in [6.45, 7) is 5.56. The van der Waals surface area contributed by atoms with E-state index in [4.69, 9.17) is 5.73 Å². The minimum atomic E-state index is -0.422. The molecule has 2 aromatic rings. The molecule has 5 nitrogen and oxygen atoms in total. The third-order valence-electron chi connectivity index (χ3n) is 6.83. The molecule has 4 aliphatic heterocycles. The molecule has 4 saturated heterocycles. The minimum Gasteiger partial charge on any atom is -0.366 e. The van der Waals surface area contributed by atoms with Crippen molar-refractivity contribution in [1.29, 1.82) is 0 Å². The van der Waals surface area contributed by atoms with Gasteiger partial charge in [-0.3, -0.25) is 9.69 Å². The Morgan fingerprint density at radius 2 is 1.81 bits per heavy atom. The van der Waals surface area contributed by atoms with Crippen LogP contribution >= 0.6 is 0 Å². The van der Waals surface area contributed by atoms with E-state index in [1.807, 2.05) is 6.07 Å². The highest BCUT2D eigenvalue weighted by Crippen LogP contribution is 2.47. The maximum atomic E-state index is 11.4. The monoisotopic (exact) mass is 362 g/mol. The topological polar surface area (TPSA) is 62.5 Å². The molecule has 3 atom stereocenters. The summed E-state index contributed by atoms with van der Waals surface area (Å²) in [5.74, 6) is 1.77. The summed E-state index contributed by atoms with van der Waals surface area (Å²) in [5.41, 5.74) is 8.59. The molecule has 1 amide bonds. The fraction of sp³-hybridized carbons (Fsp3) is 0.455. The number of rotatable bonds is 3. The lowest BCUT2D eigenvalue weighted by Gasteiger charge is -2.51. The summed E-state index contributed by atoms with van der Waals surface area (Å²) in [7, 11) is 0. The molecule has 2 bridgehead atoms. The van der Waals surface area contributed by atoms with E-state index in [-0.39, 0.29) is 0 Å². The van der Waals surface area contributed by atoms with Crippen molar-refractivity contribution in [1.82, 2.24) is 9.88 Å². The Morgan fingerprint density at radius 1 is 1.07 bits per heavy atom. The van der Waals surface area contributed by atoms with Crippen molar-refractivity contribution < 1.29 is 4.79 Å². The molecule has 0 aliphatic carbocycles. The Bertz CT molecular complexity index is 840. The van der Waals surface area contributed by atoms with Gasteiger partial charge in [-0.25, -0.2) is 4.98 Å². The normalized spacial score (nSPS) is 31.7. The number of fused-ring (bicyclic) bond motifs is 2. The zero-order chi connectivity index (χ0) is 18.5. The molecule has 1 aromatic heterocycles. The second kappa shape index (κ2) is 6.34. The average molecular weight is 362 g/mol. The predicted octanol–water partition coefficient (Wildman–Crippen LogP) is 2.56. The van der Waals surface area contributed by atoms with E-state index in [1.54, 1.807) is 12.3 Å². The summed E-state index contributed by atoms with van der Waals surface area (Å²) >= 11 is 0. The number of aromatic nitrogens is 1. The molecule has 0 unspecified atom stereocenters. The second-order valence-corrected chi connectivity index (χ2v) is 8.29. The molecule has 0 saturated carbocycles. The first-order valence-electron chi connectivity index (χ1n) is 9.95. The maximum Gasteiger partial charge on any atom is 0.250 e. The Morgan fingerprint density at radius 3 is 2.44 bits per heavy atom. The number of nitrogens with two attached hydrogens (primary N) is 1. The molecule has 6 rings (SSSR count). The van der Waals surface area contributed by atoms with Crippen LogP contribution in [0.2, 0.25) is 0 Å². The fourth-order valence-corrected chi connectivity index (χ4v) is 5.49. The van der Waals surface area contributed by atoms with Crippen LogP contribution in [-0.2, 0) is 0 Å². The molecule has 27 heavy (non-hydrogen) atoms. The fourth-order valence-electron chi connectivity index (χ4n) is 5.49. The Balaban J connectivity index is 1.52. The van der Waals surface area contributed by atoms with Gasteiger partial charge in [0, 0.05) is 30.7 Å². The zero-order valence-electron chi connectivity index (χ0n) is 15.7. The number of carbonyl (C=O) groups is 1. The molecule has 5 heteroatoms. The van der Waals surface area contributed by atoms with Gasteiger partial charge in [0.25, 0.3) is 0 Å². The zero-order valence-corrected chi connectivity index (χ0v) is 15.7. The van der Waals surface area contributed by atoms with Crippen LogP contribution in [0.4, 0.5) is 5.82 Å². The average Bonchev–Trinajstić information content (AvgIpc) is 3.12. The van der Waals surface area contributed by atoms with Gasteiger partial charge >= 0.3 is 0 Å². The standard InChI is InChI=1S/C22H26N4O/c1-14-2-4-15(5-3-14)18-13-26(19-7-6-17(12-24-19)22(23)27)20-16-8-10-25(11-9-16)21(18)20/h2-7,12,16,18,20-21H,8-11,13H2,1H3,(H2,23,27)/t18-,20-,21-/m1/s1. The van der Waals surface area contributed by atoms with Crippen molar-refractivity contribution in [3.8, 4) is 0 Å². The first kappa shape index (κ1) is 16.8. The molecular formula is C22H26N4O. The molecule has 4 aliphatic rings. The number of carbonyl (C=O) groups excluding carboxylic acids is 1. The van der Waals surface area contributed by atoms with Crippen molar-refractivity contribution in [2.45, 2.75) is 37.8 Å². The number of benzene rings is 1. The lowest BCUT2D eigenvalue weighted by molar-refractivity contribution is 0.0354. The van der Waals surface area contributed by atoms with Crippen molar-refractivity contribution >= 4 is 11.7 Å². The second-order valence-electron chi connectivity index (χ2n) is 8.29. The largest absolute Gasteiger partial charge is 0.366 e. The maximum absolute atomic E-state index is 11.4. The minimum absolute atomic E-state index is 0.422. The van der Waals surface area contributed by atoms with Gasteiger partial charge in [0.1, 0.15) is 5.82 Å². The molecular weight excluding hydrogens is 336 g/mol. The Kier molecular flexibility index (Phi) is 3.93. The van der Waals surface area contributed by atoms with Gasteiger partial charge in [0.2, 0.25) is 5.91 Å². The quantitative estimate of drug-likeness (QED) is 0.911. The van der Waals surface area contributed by atoms with Gasteiger partial charge in [-0.15, -0.1) is 0 Å². The van der Waals surface area contributed by atoms with Gasteiger partial charge in [-0.05, 0) is 56.5 Å². The van der Waals surface area contributed by atoms with Crippen LogP contribution in [0.5, 0.6) is 0 Å². The molecule has 5 heterocycles. The highest BCUT2D eigenvalue weighted by atomic mass is 16.1. The van der Waals surface area contributed by atoms with Crippen LogP contribution in [0.3, 0.4) is 0 Å². The number of primary amides is 1. The highest BCUT2D eigenvalue weighted by Gasteiger charge is 2.53. The SMILES string of the molecule is Cc1ccc([C@H]2CN(c3ccc(C(N)=O)cn3)[C@@H]3C4CCN(CC4)[C@H]23)cc1. The van der Waals surface area contributed by atoms with E-state index in [1.165, 1.54) is 37.1 Å². The molecule has 0 radical (unpaired) electrons. The summed E-state index contributed by atoms with van der Waals surface area (Å²) < 4.78 is 0. The smallest absolute Gasteiger partial charge is 0.250 e. The van der Waals surface area contributed by atoms with Gasteiger partial charge < -0.3 is 10.6 Å². The number of amides is 1. The van der Waals surface area contributed by atoms with E-state index < -0.39 is 5.91 Å². The van der Waals surface area contributed by atoms with Crippen LogP contribution in [-0.4, -0.2) is 47.5 Å². The van der Waals surface area contributed by atoms with Crippen LogP contribution in [0.25, 0.3) is 0 Å². The van der Waals surface area contributed by atoms with Gasteiger partial charge in [-0.1, -0.05) is 29.8 Å².